The lowest BCUT2D eigenvalue weighted by atomic mass is 10.2. The minimum Gasteiger partial charge on any atom is -0.425 e. The largest absolute Gasteiger partial charge is 0.425 e. The second kappa shape index (κ2) is 7.35. The van der Waals surface area contributed by atoms with Crippen LogP contribution in [0.1, 0.15) is 31.7 Å². The number of carbonyl (C=O) groups is 1. The van der Waals surface area contributed by atoms with Crippen molar-refractivity contribution >= 4 is 60.2 Å². The van der Waals surface area contributed by atoms with E-state index in [-0.39, 0.29) is 5.56 Å². The zero-order valence-electron chi connectivity index (χ0n) is 13.4. The number of fused-ring (bicyclic) bond motifs is 1. The van der Waals surface area contributed by atoms with Crippen LogP contribution in [0.4, 0.5) is 0 Å². The molecule has 1 aromatic carbocycles. The highest BCUT2D eigenvalue weighted by Gasteiger charge is 2.14. The zero-order chi connectivity index (χ0) is 18.1. The summed E-state index contributed by atoms with van der Waals surface area (Å²) in [6.07, 6.45) is 3.33. The summed E-state index contributed by atoms with van der Waals surface area (Å²) >= 11 is 8.04. The highest BCUT2D eigenvalue weighted by atomic mass is 79.9. The van der Waals surface area contributed by atoms with Crippen molar-refractivity contribution in [2.24, 2.45) is 0 Å². The van der Waals surface area contributed by atoms with Crippen molar-refractivity contribution < 1.29 is 9.53 Å². The number of aryl methyl sites for hydroxylation is 1. The Labute approximate surface area is 163 Å². The molecular weight excluding hydrogens is 474 g/mol. The number of carbonyl (C=O) groups excluding carboxylic acids is 1. The van der Waals surface area contributed by atoms with E-state index in [2.05, 4.69) is 41.9 Å². The number of nitrogens with zero attached hydrogens (tertiary/aromatic N) is 3. The fraction of sp³-hybridized carbons (Fsp3) is 0.250. The third kappa shape index (κ3) is 3.83. The topological polar surface area (TPSA) is 73.6 Å². The second-order valence-corrected chi connectivity index (χ2v) is 8.07. The first kappa shape index (κ1) is 18.2. The average molecular weight is 487 g/mol. The minimum atomic E-state index is -0.438. The highest BCUT2D eigenvalue weighted by molar-refractivity contribution is 9.11. The Hall–Kier alpha value is -1.58. The summed E-state index contributed by atoms with van der Waals surface area (Å²) < 4.78 is 8.47. The molecule has 0 saturated carbocycles. The molecule has 130 valence electrons. The second-order valence-electron chi connectivity index (χ2n) is 5.29. The molecule has 0 radical (unpaired) electrons. The molecule has 9 heteroatoms. The van der Waals surface area contributed by atoms with Crippen LogP contribution in [0, 0.1) is 0 Å². The first-order chi connectivity index (χ1) is 11.9. The molecule has 3 aromatic rings. The Kier molecular flexibility index (Phi) is 5.35. The lowest BCUT2D eigenvalue weighted by Crippen LogP contribution is -2.24. The van der Waals surface area contributed by atoms with Gasteiger partial charge in [-0.2, -0.15) is 4.52 Å². The fourth-order valence-corrected chi connectivity index (χ4v) is 4.54. The number of aromatic nitrogens is 3. The Morgan fingerprint density at radius 2 is 2.16 bits per heavy atom. The third-order valence-corrected chi connectivity index (χ3v) is 5.27. The maximum Gasteiger partial charge on any atom is 0.308 e. The van der Waals surface area contributed by atoms with Gasteiger partial charge in [-0.15, -0.1) is 5.10 Å². The average Bonchev–Trinajstić information content (AvgIpc) is 3.03. The van der Waals surface area contributed by atoms with Gasteiger partial charge in [0.05, 0.1) is 9.01 Å². The smallest absolute Gasteiger partial charge is 0.308 e. The highest BCUT2D eigenvalue weighted by Crippen LogP contribution is 2.33. The van der Waals surface area contributed by atoms with Crippen LogP contribution in [0.15, 0.2) is 25.9 Å². The van der Waals surface area contributed by atoms with Gasteiger partial charge in [0.1, 0.15) is 0 Å². The molecule has 25 heavy (non-hydrogen) atoms. The predicted molar refractivity (Wildman–Crippen MR) is 103 cm³/mol. The molecule has 2 aromatic heterocycles. The van der Waals surface area contributed by atoms with E-state index in [1.165, 1.54) is 22.8 Å². The number of benzene rings is 1. The first-order valence-electron chi connectivity index (χ1n) is 7.46. The summed E-state index contributed by atoms with van der Waals surface area (Å²) in [5.74, 6) is 0.593. The maximum atomic E-state index is 12.6. The Bertz CT molecular complexity index is 1070. The maximum absolute atomic E-state index is 12.6. The van der Waals surface area contributed by atoms with Crippen molar-refractivity contribution in [2.75, 3.05) is 0 Å². The molecule has 0 spiro atoms. The van der Waals surface area contributed by atoms with E-state index in [9.17, 15) is 9.59 Å². The SMILES string of the molecule is CCCc1nc2s/c(=C\c3cc(Br)cc(Br)c3OC(C)=O)c(=O)n2n1. The van der Waals surface area contributed by atoms with E-state index >= 15 is 0 Å². The lowest BCUT2D eigenvalue weighted by molar-refractivity contribution is -0.131. The Balaban J connectivity index is 2.16. The van der Waals surface area contributed by atoms with Gasteiger partial charge in [-0.3, -0.25) is 9.59 Å². The fourth-order valence-electron chi connectivity index (χ4n) is 2.28. The number of ether oxygens (including phenoxy) is 1. The summed E-state index contributed by atoms with van der Waals surface area (Å²) in [5, 5.41) is 4.25. The van der Waals surface area contributed by atoms with Crippen molar-refractivity contribution in [2.45, 2.75) is 26.7 Å². The molecule has 0 aliphatic rings. The first-order valence-corrected chi connectivity index (χ1v) is 9.87. The molecule has 0 N–H and O–H groups in total. The van der Waals surface area contributed by atoms with Gasteiger partial charge in [-0.05, 0) is 40.6 Å². The summed E-state index contributed by atoms with van der Waals surface area (Å²) in [6.45, 7) is 3.36. The molecule has 0 unspecified atom stereocenters. The summed E-state index contributed by atoms with van der Waals surface area (Å²) in [5.41, 5.74) is 0.367. The van der Waals surface area contributed by atoms with E-state index in [1.807, 2.05) is 6.92 Å². The third-order valence-electron chi connectivity index (χ3n) is 3.27. The minimum absolute atomic E-state index is 0.236. The van der Waals surface area contributed by atoms with Gasteiger partial charge in [0.25, 0.3) is 5.56 Å². The van der Waals surface area contributed by atoms with Crippen LogP contribution < -0.4 is 14.8 Å². The van der Waals surface area contributed by atoms with Crippen molar-refractivity contribution in [3.63, 3.8) is 0 Å². The number of esters is 1. The molecule has 6 nitrogen and oxygen atoms in total. The van der Waals surface area contributed by atoms with E-state index in [0.717, 1.165) is 17.3 Å². The number of hydrogen-bond acceptors (Lipinski definition) is 6. The normalized spacial score (nSPS) is 12.1. The molecule has 0 aliphatic heterocycles. The summed E-state index contributed by atoms with van der Waals surface area (Å²) in [4.78, 5) is 28.9. The van der Waals surface area contributed by atoms with Crippen LogP contribution in [0.25, 0.3) is 11.0 Å². The molecule has 0 fully saturated rings. The van der Waals surface area contributed by atoms with Gasteiger partial charge < -0.3 is 4.74 Å². The van der Waals surface area contributed by atoms with Gasteiger partial charge in [0, 0.05) is 23.4 Å². The van der Waals surface area contributed by atoms with E-state index in [4.69, 9.17) is 4.74 Å². The molecule has 0 bridgehead atoms. The van der Waals surface area contributed by atoms with Crippen LogP contribution in [0.2, 0.25) is 0 Å². The number of hydrogen-bond donors (Lipinski definition) is 0. The van der Waals surface area contributed by atoms with Crippen molar-refractivity contribution in [1.29, 1.82) is 0 Å². The van der Waals surface area contributed by atoms with Gasteiger partial charge in [0.15, 0.2) is 11.6 Å². The van der Waals surface area contributed by atoms with E-state index < -0.39 is 5.97 Å². The molecule has 0 saturated heterocycles. The zero-order valence-corrected chi connectivity index (χ0v) is 17.4. The van der Waals surface area contributed by atoms with E-state index in [1.54, 1.807) is 18.2 Å². The lowest BCUT2D eigenvalue weighted by Gasteiger charge is -2.08. The predicted octanol–water partition coefficient (Wildman–Crippen LogP) is 3.10. The standard InChI is InChI=1S/C16H13Br2N3O3S/c1-3-4-13-19-16-21(20-13)15(23)12(25-16)6-9-5-10(17)7-11(18)14(9)24-8(2)22/h5-7H,3-4H2,1-2H3/b12-6-. The van der Waals surface area contributed by atoms with Crippen LogP contribution >= 0.6 is 43.2 Å². The van der Waals surface area contributed by atoms with Gasteiger partial charge in [-0.25, -0.2) is 4.98 Å². The molecule has 3 rings (SSSR count). The monoisotopic (exact) mass is 485 g/mol. The van der Waals surface area contributed by atoms with E-state index in [0.29, 0.717) is 31.1 Å². The van der Waals surface area contributed by atoms with Crippen LogP contribution in [-0.4, -0.2) is 20.6 Å². The van der Waals surface area contributed by atoms with Gasteiger partial charge >= 0.3 is 5.97 Å². The quantitative estimate of drug-likeness (QED) is 0.418. The molecule has 0 atom stereocenters. The van der Waals surface area contributed by atoms with Crippen LogP contribution in [0.3, 0.4) is 0 Å². The molecule has 2 heterocycles. The number of halogens is 2. The summed E-state index contributed by atoms with van der Waals surface area (Å²) in [6, 6.07) is 3.55. The summed E-state index contributed by atoms with van der Waals surface area (Å²) in [7, 11) is 0. The number of thiazole rings is 1. The van der Waals surface area contributed by atoms with Crippen molar-refractivity contribution in [3.8, 4) is 5.75 Å². The molecular formula is C16H13Br2N3O3S. The van der Waals surface area contributed by atoms with Crippen molar-refractivity contribution in [3.05, 3.63) is 47.4 Å². The van der Waals surface area contributed by atoms with Crippen LogP contribution in [0.5, 0.6) is 5.75 Å². The van der Waals surface area contributed by atoms with Crippen LogP contribution in [-0.2, 0) is 11.2 Å². The Morgan fingerprint density at radius 3 is 2.80 bits per heavy atom. The molecule has 0 amide bonds. The van der Waals surface area contributed by atoms with Gasteiger partial charge in [0.2, 0.25) is 4.96 Å². The van der Waals surface area contributed by atoms with Gasteiger partial charge in [-0.1, -0.05) is 34.2 Å². The number of rotatable bonds is 4. The Morgan fingerprint density at radius 1 is 1.40 bits per heavy atom. The molecule has 0 aliphatic carbocycles. The van der Waals surface area contributed by atoms with Crippen molar-refractivity contribution in [1.82, 2.24) is 14.6 Å².